The molecule has 0 aromatic heterocycles. The van der Waals surface area contributed by atoms with Crippen LogP contribution in [0, 0.1) is 0 Å². The van der Waals surface area contributed by atoms with Gasteiger partial charge in [0.1, 0.15) is 24.8 Å². The van der Waals surface area contributed by atoms with E-state index in [1.54, 1.807) is 0 Å². The molecule has 0 bridgehead atoms. The highest BCUT2D eigenvalue weighted by atomic mass is 16.5. The number of hydrogen-bond donors (Lipinski definition) is 3. The molecule has 10 nitrogen and oxygen atoms in total. The van der Waals surface area contributed by atoms with Gasteiger partial charge in [-0.3, -0.25) is 9.89 Å². The van der Waals surface area contributed by atoms with Crippen LogP contribution in [0.5, 0.6) is 0 Å². The first-order chi connectivity index (χ1) is 26.3. The van der Waals surface area contributed by atoms with E-state index in [1.165, 1.54) is 70.6 Å². The molecule has 6 heterocycles. The molecule has 0 spiro atoms. The van der Waals surface area contributed by atoms with E-state index >= 15 is 0 Å². The van der Waals surface area contributed by atoms with Crippen molar-refractivity contribution in [3.05, 3.63) is 57.9 Å². The summed E-state index contributed by atoms with van der Waals surface area (Å²) in [6, 6.07) is 9.64. The SMILES string of the molecule is CCCCCCC[C@H]1C[C@H]2CC[C@H]3C(C(=O)OCc4ccc(COC(=O)C5=C(C)NC6=[N+]7[C@H](CC[C@@H]57)C[C@H](CCCCCCC)N6)cc4)=C(C)NC(=N1)N23. The third-order valence-corrected chi connectivity index (χ3v) is 12.8. The smallest absolute Gasteiger partial charge is 0.351 e. The van der Waals surface area contributed by atoms with Gasteiger partial charge in [-0.1, -0.05) is 102 Å². The largest absolute Gasteiger partial charge is 0.457 e. The van der Waals surface area contributed by atoms with E-state index in [2.05, 4.69) is 39.3 Å². The summed E-state index contributed by atoms with van der Waals surface area (Å²) in [5.41, 5.74) is 5.03. The number of benzene rings is 1. The first kappa shape index (κ1) is 38.5. The minimum absolute atomic E-state index is 0.0241. The fourth-order valence-electron chi connectivity index (χ4n) is 10.0. The van der Waals surface area contributed by atoms with Gasteiger partial charge in [0.05, 0.1) is 35.4 Å². The monoisotopic (exact) mass is 742 g/mol. The van der Waals surface area contributed by atoms with Crippen molar-refractivity contribution >= 4 is 23.9 Å². The Hall–Kier alpha value is -3.82. The van der Waals surface area contributed by atoms with Gasteiger partial charge in [-0.15, -0.1) is 0 Å². The van der Waals surface area contributed by atoms with Gasteiger partial charge in [-0.05, 0) is 69.9 Å². The Labute approximate surface area is 323 Å². The second-order valence-corrected chi connectivity index (χ2v) is 16.8. The van der Waals surface area contributed by atoms with Crippen LogP contribution in [-0.2, 0) is 32.3 Å². The van der Waals surface area contributed by atoms with E-state index < -0.39 is 0 Å². The summed E-state index contributed by atoms with van der Waals surface area (Å²) in [5, 5.41) is 10.8. The number of rotatable bonds is 18. The summed E-state index contributed by atoms with van der Waals surface area (Å²) in [5.74, 6) is 1.50. The van der Waals surface area contributed by atoms with Crippen LogP contribution < -0.4 is 16.0 Å². The van der Waals surface area contributed by atoms with Crippen LogP contribution in [0.25, 0.3) is 0 Å². The van der Waals surface area contributed by atoms with Gasteiger partial charge in [-0.2, -0.15) is 0 Å². The maximum Gasteiger partial charge on any atom is 0.351 e. The second-order valence-electron chi connectivity index (χ2n) is 16.8. The number of allylic oxidation sites excluding steroid dienone is 2. The molecule has 7 rings (SSSR count). The van der Waals surface area contributed by atoms with Crippen molar-refractivity contribution in [3.8, 4) is 0 Å². The molecular weight excluding hydrogens is 677 g/mol. The summed E-state index contributed by atoms with van der Waals surface area (Å²) in [6.07, 6.45) is 21.6. The minimum atomic E-state index is -0.262. The van der Waals surface area contributed by atoms with Crippen LogP contribution in [0.15, 0.2) is 51.8 Å². The summed E-state index contributed by atoms with van der Waals surface area (Å²) in [4.78, 5) is 34.5. The maximum absolute atomic E-state index is 13.5. The Kier molecular flexibility index (Phi) is 12.6. The topological polar surface area (TPSA) is 107 Å². The van der Waals surface area contributed by atoms with Gasteiger partial charge in [0.2, 0.25) is 0 Å². The van der Waals surface area contributed by atoms with Crippen molar-refractivity contribution in [2.45, 2.75) is 193 Å². The number of aliphatic imine (C=N–C) groups is 1. The molecule has 2 fully saturated rings. The van der Waals surface area contributed by atoms with Crippen LogP contribution in [-0.4, -0.2) is 69.6 Å². The molecule has 0 aliphatic carbocycles. The van der Waals surface area contributed by atoms with Crippen molar-refractivity contribution in [1.82, 2.24) is 20.9 Å². The van der Waals surface area contributed by atoms with E-state index in [-0.39, 0.29) is 37.2 Å². The van der Waals surface area contributed by atoms with Crippen molar-refractivity contribution in [1.29, 1.82) is 0 Å². The van der Waals surface area contributed by atoms with Crippen LogP contribution >= 0.6 is 0 Å². The zero-order chi connectivity index (χ0) is 37.6. The summed E-state index contributed by atoms with van der Waals surface area (Å²) in [6.45, 7) is 8.88. The van der Waals surface area contributed by atoms with Gasteiger partial charge < -0.3 is 19.7 Å². The van der Waals surface area contributed by atoms with E-state index in [4.69, 9.17) is 14.5 Å². The molecule has 1 aromatic carbocycles. The maximum atomic E-state index is 13.5. The summed E-state index contributed by atoms with van der Waals surface area (Å²) in [7, 11) is 0. The Balaban J connectivity index is 0.884. The highest BCUT2D eigenvalue weighted by Crippen LogP contribution is 2.39. The predicted octanol–water partition coefficient (Wildman–Crippen LogP) is 7.47. The third kappa shape index (κ3) is 8.52. The number of esters is 2. The highest BCUT2D eigenvalue weighted by Gasteiger charge is 2.49. The quantitative estimate of drug-likeness (QED) is 0.0809. The zero-order valence-corrected chi connectivity index (χ0v) is 33.4. The van der Waals surface area contributed by atoms with Crippen molar-refractivity contribution in [2.24, 2.45) is 4.99 Å². The predicted molar refractivity (Wildman–Crippen MR) is 213 cm³/mol. The summed E-state index contributed by atoms with van der Waals surface area (Å²) < 4.78 is 14.2. The number of ether oxygens (including phenoxy) is 2. The standard InChI is InChI=1S/C44H64N6O4/c1-5-7-9-11-13-15-33-25-35-21-23-37-39(29(3)45-43(47-33)49(35)37)41(51)53-27-31-17-19-32(20-18-31)28-54-42(52)40-30(4)46-44-48-34(16-14-12-10-8-6-2)26-36-22-24-38(40)50(36)44/h17-20,33-38H,5-16,21-28H2,1-4H3,(H2,45,46,47,48,51,52)/p+1/t33-,34-,35+,36+,37-,38-/m0/s1. The fourth-order valence-corrected chi connectivity index (χ4v) is 10.0. The summed E-state index contributed by atoms with van der Waals surface area (Å²) >= 11 is 0. The average molecular weight is 742 g/mol. The van der Waals surface area contributed by atoms with Gasteiger partial charge in [-0.25, -0.2) is 19.9 Å². The van der Waals surface area contributed by atoms with Gasteiger partial charge in [0, 0.05) is 18.2 Å². The zero-order valence-electron chi connectivity index (χ0n) is 33.4. The number of carbonyl (C=O) groups excluding carboxylic acids is 2. The highest BCUT2D eigenvalue weighted by molar-refractivity contribution is 5.96. The van der Waals surface area contributed by atoms with Gasteiger partial charge >= 0.3 is 17.9 Å². The van der Waals surface area contributed by atoms with Crippen LogP contribution in [0.1, 0.15) is 154 Å². The number of nitrogens with one attached hydrogen (secondary N) is 3. The molecule has 6 aliphatic heterocycles. The normalized spacial score (nSPS) is 26.8. The Morgan fingerprint density at radius 1 is 0.759 bits per heavy atom. The molecule has 294 valence electrons. The van der Waals surface area contributed by atoms with Gasteiger partial charge in [0.15, 0.2) is 5.96 Å². The lowest BCUT2D eigenvalue weighted by atomic mass is 9.97. The van der Waals surface area contributed by atoms with Crippen LogP contribution in [0.3, 0.4) is 0 Å². The first-order valence-electron chi connectivity index (χ1n) is 21.5. The number of hydrogen-bond acceptors (Lipinski definition) is 9. The van der Waals surface area contributed by atoms with Crippen molar-refractivity contribution in [3.63, 3.8) is 0 Å². The molecule has 10 heteroatoms. The molecule has 0 unspecified atom stereocenters. The van der Waals surface area contributed by atoms with Gasteiger partial charge in [0.25, 0.3) is 0 Å². The molecule has 2 saturated heterocycles. The fraction of sp³-hybridized carbons (Fsp3) is 0.682. The molecule has 0 amide bonds. The van der Waals surface area contributed by atoms with E-state index in [0.717, 1.165) is 90.5 Å². The average Bonchev–Trinajstić information content (AvgIpc) is 3.79. The molecular formula is C44H65N6O4+. The number of nitrogens with zero attached hydrogens (tertiary/aromatic N) is 3. The molecule has 0 radical (unpaired) electrons. The Bertz CT molecular complexity index is 1650. The third-order valence-electron chi connectivity index (χ3n) is 12.8. The van der Waals surface area contributed by atoms with Crippen molar-refractivity contribution < 1.29 is 23.6 Å². The van der Waals surface area contributed by atoms with Crippen molar-refractivity contribution in [2.75, 3.05) is 0 Å². The Morgan fingerprint density at radius 2 is 1.39 bits per heavy atom. The Morgan fingerprint density at radius 3 is 2.07 bits per heavy atom. The minimum Gasteiger partial charge on any atom is -0.457 e. The molecule has 0 saturated carbocycles. The molecule has 1 aromatic rings. The van der Waals surface area contributed by atoms with E-state index in [0.29, 0.717) is 24.2 Å². The first-order valence-corrected chi connectivity index (χ1v) is 21.5. The number of unbranched alkanes of at least 4 members (excludes halogenated alkanes) is 8. The molecule has 6 atom stereocenters. The van der Waals surface area contributed by atoms with E-state index in [1.807, 2.05) is 38.1 Å². The number of carbonyl (C=O) groups is 2. The molecule has 54 heavy (non-hydrogen) atoms. The molecule has 6 aliphatic rings. The lowest BCUT2D eigenvalue weighted by Crippen LogP contribution is -2.59. The number of guanidine groups is 2. The van der Waals surface area contributed by atoms with Crippen LogP contribution in [0.4, 0.5) is 0 Å². The lowest BCUT2D eigenvalue weighted by molar-refractivity contribution is -0.580. The van der Waals surface area contributed by atoms with Crippen LogP contribution in [0.2, 0.25) is 0 Å². The second kappa shape index (κ2) is 17.8. The van der Waals surface area contributed by atoms with E-state index in [9.17, 15) is 9.59 Å². The molecule has 3 N–H and O–H groups in total. The lowest BCUT2D eigenvalue weighted by Gasteiger charge is -2.42.